The lowest BCUT2D eigenvalue weighted by atomic mass is 10.2. The maximum atomic E-state index is 4.55. The highest BCUT2D eigenvalue weighted by Gasteiger charge is 2.00. The van der Waals surface area contributed by atoms with Crippen molar-refractivity contribution in [2.24, 2.45) is 0 Å². The van der Waals surface area contributed by atoms with Crippen LogP contribution >= 0.6 is 0 Å². The Hall–Kier alpha value is -2.29. The van der Waals surface area contributed by atoms with Crippen molar-refractivity contribution in [1.29, 1.82) is 0 Å². The summed E-state index contributed by atoms with van der Waals surface area (Å²) in [6.07, 6.45) is 4.06. The topological polar surface area (TPSA) is 29.3 Å². The molecular weight excluding hydrogens is 222 g/mol. The lowest BCUT2D eigenvalue weighted by molar-refractivity contribution is 1.08. The van der Waals surface area contributed by atoms with Gasteiger partial charge in [0.15, 0.2) is 0 Å². The van der Waals surface area contributed by atoms with Crippen LogP contribution in [-0.2, 0) is 6.54 Å². The minimum Gasteiger partial charge on any atom is -0.379 e. The first-order valence-electron chi connectivity index (χ1n) is 6.04. The van der Waals surface area contributed by atoms with E-state index < -0.39 is 0 Å². The Kier molecular flexibility index (Phi) is 2.73. The second-order valence-corrected chi connectivity index (χ2v) is 4.42. The third-order valence-electron chi connectivity index (χ3n) is 2.94. The molecule has 0 saturated carbocycles. The van der Waals surface area contributed by atoms with Crippen LogP contribution in [0.25, 0.3) is 5.65 Å². The molecule has 18 heavy (non-hydrogen) atoms. The molecule has 3 nitrogen and oxygen atoms in total. The molecule has 0 radical (unpaired) electrons. The summed E-state index contributed by atoms with van der Waals surface area (Å²) >= 11 is 0. The number of benzene rings is 1. The molecule has 3 aromatic rings. The smallest absolute Gasteiger partial charge is 0.137 e. The van der Waals surface area contributed by atoms with Crippen LogP contribution in [0.4, 0.5) is 5.69 Å². The zero-order valence-electron chi connectivity index (χ0n) is 10.3. The number of anilines is 1. The van der Waals surface area contributed by atoms with Gasteiger partial charge in [-0.15, -0.1) is 0 Å². The fraction of sp³-hybridized carbons (Fsp3) is 0.133. The first-order chi connectivity index (χ1) is 8.81. The Morgan fingerprint density at radius 1 is 1.11 bits per heavy atom. The fourth-order valence-electron chi connectivity index (χ4n) is 1.94. The van der Waals surface area contributed by atoms with Gasteiger partial charge in [0.1, 0.15) is 5.65 Å². The van der Waals surface area contributed by atoms with E-state index in [1.165, 1.54) is 5.56 Å². The predicted octanol–water partition coefficient (Wildman–Crippen LogP) is 3.25. The highest BCUT2D eigenvalue weighted by Crippen LogP contribution is 2.11. The molecule has 0 aliphatic carbocycles. The van der Waals surface area contributed by atoms with Crippen molar-refractivity contribution in [1.82, 2.24) is 9.38 Å². The molecule has 1 N–H and O–H groups in total. The molecule has 2 heterocycles. The number of hydrogen-bond acceptors (Lipinski definition) is 2. The SMILES string of the molecule is Cc1ccc(NCc2cn3ccccc3n2)cc1. The lowest BCUT2D eigenvalue weighted by Crippen LogP contribution is -1.99. The molecule has 0 fully saturated rings. The summed E-state index contributed by atoms with van der Waals surface area (Å²) < 4.78 is 2.03. The highest BCUT2D eigenvalue weighted by molar-refractivity contribution is 5.45. The average Bonchev–Trinajstić information content (AvgIpc) is 2.81. The molecular formula is C15H15N3. The maximum Gasteiger partial charge on any atom is 0.137 e. The van der Waals surface area contributed by atoms with Gasteiger partial charge in [-0.05, 0) is 31.2 Å². The van der Waals surface area contributed by atoms with E-state index in [9.17, 15) is 0 Å². The Morgan fingerprint density at radius 2 is 1.94 bits per heavy atom. The van der Waals surface area contributed by atoms with Crippen LogP contribution in [0.1, 0.15) is 11.3 Å². The molecule has 0 spiro atoms. The van der Waals surface area contributed by atoms with Crippen molar-refractivity contribution >= 4 is 11.3 Å². The van der Waals surface area contributed by atoms with Crippen LogP contribution in [0.5, 0.6) is 0 Å². The van der Waals surface area contributed by atoms with E-state index >= 15 is 0 Å². The standard InChI is InChI=1S/C15H15N3/c1-12-5-7-13(8-6-12)16-10-14-11-18-9-3-2-4-15(18)17-14/h2-9,11,16H,10H2,1H3. The first-order valence-corrected chi connectivity index (χ1v) is 6.04. The molecule has 1 aromatic carbocycles. The predicted molar refractivity (Wildman–Crippen MR) is 73.7 cm³/mol. The summed E-state index contributed by atoms with van der Waals surface area (Å²) in [5.41, 5.74) is 4.42. The van der Waals surface area contributed by atoms with E-state index in [-0.39, 0.29) is 0 Å². The number of fused-ring (bicyclic) bond motifs is 1. The Bertz CT molecular complexity index is 620. The van der Waals surface area contributed by atoms with Crippen LogP contribution in [0.15, 0.2) is 54.9 Å². The highest BCUT2D eigenvalue weighted by atomic mass is 15.0. The van der Waals surface area contributed by atoms with Crippen molar-refractivity contribution in [3.63, 3.8) is 0 Å². The summed E-state index contributed by atoms with van der Waals surface area (Å²) in [5, 5.41) is 3.37. The number of rotatable bonds is 3. The molecule has 0 aliphatic rings. The Labute approximate surface area is 106 Å². The zero-order valence-corrected chi connectivity index (χ0v) is 10.3. The first kappa shape index (κ1) is 10.8. The van der Waals surface area contributed by atoms with Gasteiger partial charge >= 0.3 is 0 Å². The molecule has 0 aliphatic heterocycles. The molecule has 0 amide bonds. The minimum atomic E-state index is 0.741. The molecule has 0 atom stereocenters. The second-order valence-electron chi connectivity index (χ2n) is 4.42. The Morgan fingerprint density at radius 3 is 2.72 bits per heavy atom. The third kappa shape index (κ3) is 2.20. The number of pyridine rings is 1. The Balaban J connectivity index is 1.74. The van der Waals surface area contributed by atoms with Gasteiger partial charge in [0.2, 0.25) is 0 Å². The van der Waals surface area contributed by atoms with Crippen molar-refractivity contribution in [3.8, 4) is 0 Å². The summed E-state index contributed by atoms with van der Waals surface area (Å²) in [7, 11) is 0. The van der Waals surface area contributed by atoms with Crippen LogP contribution in [0, 0.1) is 6.92 Å². The molecule has 3 rings (SSSR count). The van der Waals surface area contributed by atoms with Gasteiger partial charge in [0, 0.05) is 18.1 Å². The summed E-state index contributed by atoms with van der Waals surface area (Å²) in [5.74, 6) is 0. The molecule has 0 saturated heterocycles. The van der Waals surface area contributed by atoms with Crippen molar-refractivity contribution < 1.29 is 0 Å². The van der Waals surface area contributed by atoms with E-state index in [2.05, 4.69) is 47.7 Å². The minimum absolute atomic E-state index is 0.741. The molecule has 3 heteroatoms. The summed E-state index contributed by atoms with van der Waals surface area (Å²) in [6.45, 7) is 2.83. The van der Waals surface area contributed by atoms with Gasteiger partial charge in [0.25, 0.3) is 0 Å². The van der Waals surface area contributed by atoms with Crippen LogP contribution in [0.2, 0.25) is 0 Å². The third-order valence-corrected chi connectivity index (χ3v) is 2.94. The second kappa shape index (κ2) is 4.53. The number of nitrogens with zero attached hydrogens (tertiary/aromatic N) is 2. The van der Waals surface area contributed by atoms with Crippen LogP contribution in [0.3, 0.4) is 0 Å². The van der Waals surface area contributed by atoms with Crippen LogP contribution < -0.4 is 5.32 Å². The number of imidazole rings is 1. The van der Waals surface area contributed by atoms with Gasteiger partial charge in [-0.1, -0.05) is 23.8 Å². The average molecular weight is 237 g/mol. The zero-order chi connectivity index (χ0) is 12.4. The van der Waals surface area contributed by atoms with Gasteiger partial charge < -0.3 is 9.72 Å². The maximum absolute atomic E-state index is 4.55. The quantitative estimate of drug-likeness (QED) is 0.757. The van der Waals surface area contributed by atoms with E-state index in [1.54, 1.807) is 0 Å². The number of hydrogen-bond donors (Lipinski definition) is 1. The van der Waals surface area contributed by atoms with Crippen molar-refractivity contribution in [3.05, 3.63) is 66.1 Å². The van der Waals surface area contributed by atoms with Crippen molar-refractivity contribution in [2.75, 3.05) is 5.32 Å². The van der Waals surface area contributed by atoms with Gasteiger partial charge in [0.05, 0.1) is 12.2 Å². The number of nitrogens with one attached hydrogen (secondary N) is 1. The van der Waals surface area contributed by atoms with Crippen LogP contribution in [-0.4, -0.2) is 9.38 Å². The van der Waals surface area contributed by atoms with E-state index in [4.69, 9.17) is 0 Å². The van der Waals surface area contributed by atoms with E-state index in [1.807, 2.05) is 28.8 Å². The molecule has 2 aromatic heterocycles. The largest absolute Gasteiger partial charge is 0.379 e. The van der Waals surface area contributed by atoms with Crippen molar-refractivity contribution in [2.45, 2.75) is 13.5 Å². The monoisotopic (exact) mass is 237 g/mol. The summed E-state index contributed by atoms with van der Waals surface area (Å²) in [4.78, 5) is 4.55. The molecule has 0 bridgehead atoms. The number of aromatic nitrogens is 2. The summed E-state index contributed by atoms with van der Waals surface area (Å²) in [6, 6.07) is 14.4. The molecule has 90 valence electrons. The lowest BCUT2D eigenvalue weighted by Gasteiger charge is -2.04. The van der Waals surface area contributed by atoms with E-state index in [0.29, 0.717) is 0 Å². The van der Waals surface area contributed by atoms with Gasteiger partial charge in [-0.3, -0.25) is 0 Å². The normalized spacial score (nSPS) is 10.7. The number of aryl methyl sites for hydroxylation is 1. The van der Waals surface area contributed by atoms with Gasteiger partial charge in [-0.2, -0.15) is 0 Å². The fourth-order valence-corrected chi connectivity index (χ4v) is 1.94. The van der Waals surface area contributed by atoms with Gasteiger partial charge in [-0.25, -0.2) is 4.98 Å². The molecule has 0 unspecified atom stereocenters. The van der Waals surface area contributed by atoms with E-state index in [0.717, 1.165) is 23.6 Å².